The van der Waals surface area contributed by atoms with E-state index < -0.39 is 0 Å². The summed E-state index contributed by atoms with van der Waals surface area (Å²) in [5.41, 5.74) is 18.0. The van der Waals surface area contributed by atoms with E-state index in [1.807, 2.05) is 0 Å². The maximum Gasteiger partial charge on any atom is 0.0473 e. The van der Waals surface area contributed by atoms with E-state index in [0.717, 1.165) is 67.4 Å². The Labute approximate surface area is 459 Å². The fourth-order valence-corrected chi connectivity index (χ4v) is 12.2. The molecule has 0 spiro atoms. The van der Waals surface area contributed by atoms with Crippen molar-refractivity contribution in [3.05, 3.63) is 303 Å². The highest BCUT2D eigenvalue weighted by atomic mass is 15.1. The Morgan fingerprint density at radius 1 is 0.190 bits per heavy atom. The standard InChI is InChI=1S/C76H51N3/c1-5-19-51(20-6-1)59-44-60(52-21-7-2-8-22-52)47-66(46-59)79(62-29-11-4-12-30-62)65-39-41-69-71(50-65)75(57-34-33-53-23-13-15-25-55(53)43-57)68-40-38-64(78(61-27-9-3-10-28-61)63-37-35-54-24-14-16-26-56(54)45-63)49-72(68)76(69)58-36-42-74-70(48-58)67-31-17-18-32-73(67)77-74/h1-50,77H. The molecule has 0 aliphatic carbocycles. The molecule has 0 unspecified atom stereocenters. The number of rotatable bonds is 10. The molecule has 0 amide bonds. The van der Waals surface area contributed by atoms with Crippen LogP contribution in [0.2, 0.25) is 0 Å². The highest BCUT2D eigenvalue weighted by Gasteiger charge is 2.24. The first-order chi connectivity index (χ1) is 39.1. The second kappa shape index (κ2) is 19.3. The van der Waals surface area contributed by atoms with Gasteiger partial charge >= 0.3 is 0 Å². The molecular weight excluding hydrogens is 955 g/mol. The maximum absolute atomic E-state index is 3.72. The van der Waals surface area contributed by atoms with Gasteiger partial charge in [0.15, 0.2) is 0 Å². The Morgan fingerprint density at radius 3 is 1.22 bits per heavy atom. The smallest absolute Gasteiger partial charge is 0.0473 e. The minimum atomic E-state index is 1.06. The summed E-state index contributed by atoms with van der Waals surface area (Å²) in [5.74, 6) is 0. The van der Waals surface area contributed by atoms with Crippen molar-refractivity contribution >= 4 is 99.0 Å². The lowest BCUT2D eigenvalue weighted by molar-refractivity contribution is 1.29. The summed E-state index contributed by atoms with van der Waals surface area (Å²) in [4.78, 5) is 8.57. The third-order valence-electron chi connectivity index (χ3n) is 15.8. The topological polar surface area (TPSA) is 22.3 Å². The first-order valence-corrected chi connectivity index (χ1v) is 27.1. The molecule has 0 fully saturated rings. The van der Waals surface area contributed by atoms with E-state index in [1.165, 1.54) is 76.1 Å². The van der Waals surface area contributed by atoms with Crippen LogP contribution >= 0.6 is 0 Å². The van der Waals surface area contributed by atoms with Crippen molar-refractivity contribution in [1.29, 1.82) is 0 Å². The lowest BCUT2D eigenvalue weighted by atomic mass is 9.84. The molecule has 3 heteroatoms. The lowest BCUT2D eigenvalue weighted by Crippen LogP contribution is -2.11. The minimum absolute atomic E-state index is 1.06. The van der Waals surface area contributed by atoms with Gasteiger partial charge in [-0.2, -0.15) is 0 Å². The van der Waals surface area contributed by atoms with Gasteiger partial charge in [-0.3, -0.25) is 0 Å². The third-order valence-corrected chi connectivity index (χ3v) is 15.8. The van der Waals surface area contributed by atoms with Crippen molar-refractivity contribution in [2.24, 2.45) is 0 Å². The number of nitrogens with one attached hydrogen (secondary N) is 1. The van der Waals surface area contributed by atoms with Gasteiger partial charge in [-0.1, -0.05) is 200 Å². The molecule has 370 valence electrons. The maximum atomic E-state index is 3.72. The molecule has 0 radical (unpaired) electrons. The second-order valence-electron chi connectivity index (χ2n) is 20.6. The van der Waals surface area contributed by atoms with Crippen LogP contribution in [0.3, 0.4) is 0 Å². The average molecular weight is 1010 g/mol. The molecule has 1 heterocycles. The van der Waals surface area contributed by atoms with E-state index in [2.05, 4.69) is 318 Å². The highest BCUT2D eigenvalue weighted by Crippen LogP contribution is 2.50. The van der Waals surface area contributed by atoms with Crippen LogP contribution < -0.4 is 9.80 Å². The Kier molecular flexibility index (Phi) is 11.2. The Bertz CT molecular complexity index is 4720. The van der Waals surface area contributed by atoms with E-state index in [4.69, 9.17) is 0 Å². The van der Waals surface area contributed by atoms with E-state index >= 15 is 0 Å². The summed E-state index contributed by atoms with van der Waals surface area (Å²) in [6, 6.07) is 111. The molecule has 0 bridgehead atoms. The molecule has 0 aliphatic heterocycles. The number of aromatic nitrogens is 1. The number of para-hydroxylation sites is 3. The van der Waals surface area contributed by atoms with Gasteiger partial charge in [0.2, 0.25) is 0 Å². The van der Waals surface area contributed by atoms with Crippen LogP contribution in [0.15, 0.2) is 303 Å². The zero-order valence-electron chi connectivity index (χ0n) is 43.3. The van der Waals surface area contributed by atoms with Gasteiger partial charge in [-0.15, -0.1) is 0 Å². The second-order valence-corrected chi connectivity index (χ2v) is 20.6. The molecule has 0 saturated carbocycles. The molecule has 1 N–H and O–H groups in total. The fraction of sp³-hybridized carbons (Fsp3) is 0. The normalized spacial score (nSPS) is 11.5. The van der Waals surface area contributed by atoms with Crippen LogP contribution in [-0.4, -0.2) is 4.98 Å². The molecule has 15 rings (SSSR count). The molecule has 15 aromatic rings. The Hall–Kier alpha value is -10.5. The zero-order chi connectivity index (χ0) is 52.2. The molecule has 14 aromatic carbocycles. The summed E-state index contributed by atoms with van der Waals surface area (Å²) >= 11 is 0. The van der Waals surface area contributed by atoms with Gasteiger partial charge in [0, 0.05) is 55.9 Å². The highest BCUT2D eigenvalue weighted by molar-refractivity contribution is 6.24. The zero-order valence-corrected chi connectivity index (χ0v) is 43.3. The summed E-state index contributed by atoms with van der Waals surface area (Å²) in [6.07, 6.45) is 0. The Morgan fingerprint density at radius 2 is 0.620 bits per heavy atom. The third kappa shape index (κ3) is 8.24. The molecule has 0 aliphatic rings. The quantitative estimate of drug-likeness (QED) is 0.138. The van der Waals surface area contributed by atoms with Crippen molar-refractivity contribution in [3.8, 4) is 44.5 Å². The fourth-order valence-electron chi connectivity index (χ4n) is 12.2. The summed E-state index contributed by atoms with van der Waals surface area (Å²) in [5, 5.41) is 11.9. The molecule has 0 atom stereocenters. The minimum Gasteiger partial charge on any atom is -0.355 e. The van der Waals surface area contributed by atoms with Crippen LogP contribution in [-0.2, 0) is 0 Å². The van der Waals surface area contributed by atoms with Gasteiger partial charge in [0.25, 0.3) is 0 Å². The number of hydrogen-bond acceptors (Lipinski definition) is 2. The van der Waals surface area contributed by atoms with E-state index in [0.29, 0.717) is 0 Å². The SMILES string of the molecule is c1ccc(-c2cc(-c3ccccc3)cc(N(c3ccccc3)c3ccc4c(-c5ccc6[nH]c7ccccc7c6c5)c5cc(N(c6ccccc6)c6ccc7ccccc7c6)ccc5c(-c5ccc6ccccc6c5)c4c3)c2)cc1. The van der Waals surface area contributed by atoms with Gasteiger partial charge in [0.1, 0.15) is 0 Å². The first-order valence-electron chi connectivity index (χ1n) is 27.1. The largest absolute Gasteiger partial charge is 0.355 e. The van der Waals surface area contributed by atoms with Gasteiger partial charge in [0.05, 0.1) is 0 Å². The first kappa shape index (κ1) is 45.9. The van der Waals surface area contributed by atoms with Crippen molar-refractivity contribution < 1.29 is 0 Å². The number of aromatic amines is 1. The predicted molar refractivity (Wildman–Crippen MR) is 337 cm³/mol. The van der Waals surface area contributed by atoms with Gasteiger partial charge in [-0.05, 0) is 191 Å². The number of benzene rings is 14. The number of hydrogen-bond donors (Lipinski definition) is 1. The number of fused-ring (bicyclic) bond motifs is 7. The number of nitrogens with zero attached hydrogens (tertiary/aromatic N) is 2. The van der Waals surface area contributed by atoms with Crippen LogP contribution in [0.4, 0.5) is 34.1 Å². The van der Waals surface area contributed by atoms with Crippen LogP contribution in [0, 0.1) is 0 Å². The number of anilines is 6. The predicted octanol–water partition coefficient (Wildman–Crippen LogP) is 21.5. The molecular formula is C76H51N3. The van der Waals surface area contributed by atoms with E-state index in [1.54, 1.807) is 0 Å². The van der Waals surface area contributed by atoms with Crippen molar-refractivity contribution in [2.45, 2.75) is 0 Å². The summed E-state index contributed by atoms with van der Waals surface area (Å²) in [7, 11) is 0. The molecule has 3 nitrogen and oxygen atoms in total. The summed E-state index contributed by atoms with van der Waals surface area (Å²) in [6.45, 7) is 0. The monoisotopic (exact) mass is 1010 g/mol. The van der Waals surface area contributed by atoms with E-state index in [9.17, 15) is 0 Å². The molecule has 1 aromatic heterocycles. The number of H-pyrrole nitrogens is 1. The van der Waals surface area contributed by atoms with Gasteiger partial charge in [-0.25, -0.2) is 0 Å². The lowest BCUT2D eigenvalue weighted by Gasteiger charge is -2.29. The van der Waals surface area contributed by atoms with E-state index in [-0.39, 0.29) is 0 Å². The van der Waals surface area contributed by atoms with Crippen molar-refractivity contribution in [3.63, 3.8) is 0 Å². The van der Waals surface area contributed by atoms with Gasteiger partial charge < -0.3 is 14.8 Å². The summed E-state index contributed by atoms with van der Waals surface area (Å²) < 4.78 is 0. The van der Waals surface area contributed by atoms with Crippen molar-refractivity contribution in [1.82, 2.24) is 4.98 Å². The Balaban J connectivity index is 1.05. The average Bonchev–Trinajstić information content (AvgIpc) is 4.05. The van der Waals surface area contributed by atoms with Crippen LogP contribution in [0.1, 0.15) is 0 Å². The molecule has 0 saturated heterocycles. The van der Waals surface area contributed by atoms with Crippen molar-refractivity contribution in [2.75, 3.05) is 9.80 Å². The van der Waals surface area contributed by atoms with Crippen LogP contribution in [0.25, 0.3) is 109 Å². The van der Waals surface area contributed by atoms with Crippen LogP contribution in [0.5, 0.6) is 0 Å². The molecule has 79 heavy (non-hydrogen) atoms.